The van der Waals surface area contributed by atoms with Gasteiger partial charge in [0.1, 0.15) is 23.6 Å². The number of H-pyrrole nitrogens is 1. The van der Waals surface area contributed by atoms with Crippen LogP contribution in [0.5, 0.6) is 0 Å². The second-order valence-electron chi connectivity index (χ2n) is 5.34. The van der Waals surface area contributed by atoms with Crippen molar-refractivity contribution in [3.05, 3.63) is 23.7 Å². The molecule has 2 heterocycles. The maximum atomic E-state index is 8.77. The molecule has 100 valence electrons. The summed E-state index contributed by atoms with van der Waals surface area (Å²) in [7, 11) is 1.62. The number of nitrogens with one attached hydrogen (secondary N) is 1. The number of ether oxygens (including phenoxy) is 1. The Hall–Kier alpha value is -2.13. The number of methoxy groups -OCH3 is 1. The van der Waals surface area contributed by atoms with Gasteiger partial charge >= 0.3 is 0 Å². The van der Waals surface area contributed by atoms with E-state index in [9.17, 15) is 0 Å². The van der Waals surface area contributed by atoms with E-state index in [1.165, 1.54) is 0 Å². The molecule has 6 nitrogen and oxygen atoms in total. The zero-order chi connectivity index (χ0) is 14.0. The lowest BCUT2D eigenvalue weighted by atomic mass is 9.88. The van der Waals surface area contributed by atoms with Crippen LogP contribution in [-0.2, 0) is 4.74 Å². The number of hydrogen-bond acceptors (Lipinski definition) is 5. The molecule has 6 heteroatoms. The molecular weight excluding hydrogens is 244 g/mol. The van der Waals surface area contributed by atoms with E-state index in [1.807, 2.05) is 26.8 Å². The number of rotatable bonds is 3. The molecule has 0 bridgehead atoms. The summed E-state index contributed by atoms with van der Waals surface area (Å²) in [6.45, 7) is 6.12. The molecule has 0 saturated heterocycles. The van der Waals surface area contributed by atoms with Gasteiger partial charge in [0.05, 0.1) is 0 Å². The summed E-state index contributed by atoms with van der Waals surface area (Å²) in [5.74, 6) is 0.848. The van der Waals surface area contributed by atoms with E-state index in [0.29, 0.717) is 23.1 Å². The Kier molecular flexibility index (Phi) is 3.40. The van der Waals surface area contributed by atoms with E-state index in [1.54, 1.807) is 19.2 Å². The lowest BCUT2D eigenvalue weighted by Crippen LogP contribution is -2.21. The number of aromatic amines is 1. The molecule has 1 atom stereocenters. The first-order valence-corrected chi connectivity index (χ1v) is 5.91. The Labute approximate surface area is 111 Å². The van der Waals surface area contributed by atoms with Crippen molar-refractivity contribution < 1.29 is 9.26 Å². The molecule has 0 aliphatic heterocycles. The summed E-state index contributed by atoms with van der Waals surface area (Å²) in [6, 6.07) is 5.41. The van der Waals surface area contributed by atoms with Crippen LogP contribution in [-0.4, -0.2) is 22.2 Å². The van der Waals surface area contributed by atoms with Crippen molar-refractivity contribution in [2.75, 3.05) is 7.11 Å². The van der Waals surface area contributed by atoms with Crippen LogP contribution in [0.2, 0.25) is 0 Å². The van der Waals surface area contributed by atoms with E-state index in [2.05, 4.69) is 15.1 Å². The Morgan fingerprint density at radius 2 is 2.16 bits per heavy atom. The van der Waals surface area contributed by atoms with E-state index in [0.717, 1.165) is 0 Å². The zero-order valence-corrected chi connectivity index (χ0v) is 11.4. The van der Waals surface area contributed by atoms with E-state index in [4.69, 9.17) is 14.5 Å². The minimum Gasteiger partial charge on any atom is -0.373 e. The van der Waals surface area contributed by atoms with Gasteiger partial charge in [0.25, 0.3) is 5.89 Å². The third-order valence-corrected chi connectivity index (χ3v) is 2.74. The van der Waals surface area contributed by atoms with Gasteiger partial charge in [-0.25, -0.2) is 0 Å². The van der Waals surface area contributed by atoms with Crippen molar-refractivity contribution in [3.63, 3.8) is 0 Å². The summed E-state index contributed by atoms with van der Waals surface area (Å²) >= 11 is 0. The Balaban J connectivity index is 2.31. The molecule has 2 aromatic heterocycles. The fourth-order valence-electron chi connectivity index (χ4n) is 1.88. The van der Waals surface area contributed by atoms with E-state index >= 15 is 0 Å². The maximum absolute atomic E-state index is 8.77. The van der Waals surface area contributed by atoms with E-state index < -0.39 is 0 Å². The van der Waals surface area contributed by atoms with Gasteiger partial charge in [-0.15, -0.1) is 0 Å². The lowest BCUT2D eigenvalue weighted by molar-refractivity contribution is 0.00718. The summed E-state index contributed by atoms with van der Waals surface area (Å²) in [5, 5.41) is 12.7. The molecule has 0 fully saturated rings. The molecule has 1 unspecified atom stereocenters. The number of aromatic nitrogens is 3. The predicted molar refractivity (Wildman–Crippen MR) is 68.0 cm³/mol. The van der Waals surface area contributed by atoms with Gasteiger partial charge in [0.15, 0.2) is 0 Å². The number of nitriles is 1. The molecule has 2 rings (SSSR count). The Morgan fingerprint density at radius 3 is 2.68 bits per heavy atom. The van der Waals surface area contributed by atoms with Crippen molar-refractivity contribution in [1.29, 1.82) is 5.26 Å². The minimum absolute atomic E-state index is 0.135. The predicted octanol–water partition coefficient (Wildman–Crippen LogP) is 2.67. The summed E-state index contributed by atoms with van der Waals surface area (Å²) in [6.07, 6.45) is -0.254. The highest BCUT2D eigenvalue weighted by Crippen LogP contribution is 2.34. The first-order chi connectivity index (χ1) is 8.95. The van der Waals surface area contributed by atoms with Crippen LogP contribution in [0.15, 0.2) is 16.7 Å². The van der Waals surface area contributed by atoms with Crippen LogP contribution in [0.3, 0.4) is 0 Å². The molecule has 0 spiro atoms. The van der Waals surface area contributed by atoms with Crippen LogP contribution in [0, 0.1) is 16.7 Å². The largest absolute Gasteiger partial charge is 0.373 e. The zero-order valence-electron chi connectivity index (χ0n) is 11.4. The standard InChI is InChI=1S/C13H16N4O2/c1-13(2,3)10(18-4)11-16-12(19-17-11)9-6-5-8(7-14)15-9/h5-6,10,15H,1-4H3. The second-order valence-corrected chi connectivity index (χ2v) is 5.34. The smallest absolute Gasteiger partial charge is 0.274 e. The highest BCUT2D eigenvalue weighted by molar-refractivity contribution is 5.49. The van der Waals surface area contributed by atoms with Crippen LogP contribution in [0.4, 0.5) is 0 Å². The Bertz CT molecular complexity index is 601. The van der Waals surface area contributed by atoms with Gasteiger partial charge < -0.3 is 14.2 Å². The molecular formula is C13H16N4O2. The normalized spacial score (nSPS) is 13.2. The van der Waals surface area contributed by atoms with Crippen molar-refractivity contribution >= 4 is 0 Å². The number of nitrogens with zero attached hydrogens (tertiary/aromatic N) is 3. The van der Waals surface area contributed by atoms with Gasteiger partial charge in [-0.3, -0.25) is 0 Å². The summed E-state index contributed by atoms with van der Waals surface area (Å²) in [4.78, 5) is 7.21. The SMILES string of the molecule is COC(c1noc(-c2ccc(C#N)[nH]2)n1)C(C)(C)C. The maximum Gasteiger partial charge on any atom is 0.274 e. The highest BCUT2D eigenvalue weighted by atomic mass is 16.5. The molecule has 0 aliphatic carbocycles. The molecule has 2 aromatic rings. The summed E-state index contributed by atoms with van der Waals surface area (Å²) in [5.41, 5.74) is 0.941. The summed E-state index contributed by atoms with van der Waals surface area (Å²) < 4.78 is 10.6. The Morgan fingerprint density at radius 1 is 1.42 bits per heavy atom. The van der Waals surface area contributed by atoms with Gasteiger partial charge in [0.2, 0.25) is 5.82 Å². The van der Waals surface area contributed by atoms with E-state index in [-0.39, 0.29) is 11.5 Å². The fourth-order valence-corrected chi connectivity index (χ4v) is 1.88. The molecule has 1 N–H and O–H groups in total. The first kappa shape index (κ1) is 13.3. The molecule has 0 aliphatic rings. The van der Waals surface area contributed by atoms with Crippen molar-refractivity contribution in [2.24, 2.45) is 5.41 Å². The van der Waals surface area contributed by atoms with Gasteiger partial charge in [0, 0.05) is 7.11 Å². The monoisotopic (exact) mass is 260 g/mol. The molecule has 0 radical (unpaired) electrons. The van der Waals surface area contributed by atoms with Crippen LogP contribution < -0.4 is 0 Å². The third kappa shape index (κ3) is 2.66. The van der Waals surface area contributed by atoms with Gasteiger partial charge in [-0.05, 0) is 17.5 Å². The van der Waals surface area contributed by atoms with Gasteiger partial charge in [-0.2, -0.15) is 10.2 Å². The second kappa shape index (κ2) is 4.86. The molecule has 0 amide bonds. The van der Waals surface area contributed by atoms with Crippen molar-refractivity contribution in [2.45, 2.75) is 26.9 Å². The quantitative estimate of drug-likeness (QED) is 0.916. The van der Waals surface area contributed by atoms with Crippen molar-refractivity contribution in [1.82, 2.24) is 15.1 Å². The molecule has 0 aromatic carbocycles. The molecule has 0 saturated carbocycles. The molecule has 19 heavy (non-hydrogen) atoms. The first-order valence-electron chi connectivity index (χ1n) is 5.91. The lowest BCUT2D eigenvalue weighted by Gasteiger charge is -2.26. The van der Waals surface area contributed by atoms with Crippen LogP contribution >= 0.6 is 0 Å². The minimum atomic E-state index is -0.254. The fraction of sp³-hybridized carbons (Fsp3) is 0.462. The number of hydrogen-bond donors (Lipinski definition) is 1. The highest BCUT2D eigenvalue weighted by Gasteiger charge is 2.30. The average Bonchev–Trinajstić information content (AvgIpc) is 2.95. The van der Waals surface area contributed by atoms with Crippen LogP contribution in [0.1, 0.15) is 38.4 Å². The van der Waals surface area contributed by atoms with Crippen LogP contribution in [0.25, 0.3) is 11.6 Å². The third-order valence-electron chi connectivity index (χ3n) is 2.74. The van der Waals surface area contributed by atoms with Gasteiger partial charge in [-0.1, -0.05) is 25.9 Å². The topological polar surface area (TPSA) is 87.7 Å². The average molecular weight is 260 g/mol. The van der Waals surface area contributed by atoms with Crippen molar-refractivity contribution in [3.8, 4) is 17.7 Å².